The van der Waals surface area contributed by atoms with E-state index in [0.29, 0.717) is 29.7 Å². The van der Waals surface area contributed by atoms with Gasteiger partial charge in [0.25, 0.3) is 0 Å². The number of fused-ring (bicyclic) bond motifs is 1. The molecule has 0 amide bonds. The molecule has 0 spiro atoms. The zero-order valence-corrected chi connectivity index (χ0v) is 19.8. The molecule has 0 bridgehead atoms. The lowest BCUT2D eigenvalue weighted by atomic mass is 9.85. The van der Waals surface area contributed by atoms with Crippen LogP contribution in [0.1, 0.15) is 72.5 Å². The maximum absolute atomic E-state index is 13.1. The molecule has 0 radical (unpaired) electrons. The van der Waals surface area contributed by atoms with Gasteiger partial charge in [-0.25, -0.2) is 23.2 Å². The van der Waals surface area contributed by atoms with Crippen LogP contribution >= 0.6 is 0 Å². The van der Waals surface area contributed by atoms with Crippen LogP contribution in [0.4, 0.5) is 0 Å². The zero-order valence-electron chi connectivity index (χ0n) is 18.9. The first-order valence-corrected chi connectivity index (χ1v) is 13.6. The number of hydrogen-bond acceptors (Lipinski definition) is 7. The molecule has 3 aromatic rings. The number of hydrogen-bond donors (Lipinski definition) is 1. The third-order valence-electron chi connectivity index (χ3n) is 6.79. The second-order valence-electron chi connectivity index (χ2n) is 9.32. The predicted octanol–water partition coefficient (Wildman–Crippen LogP) is 4.31. The molecule has 1 unspecified atom stereocenters. The summed E-state index contributed by atoms with van der Waals surface area (Å²) < 4.78 is 31.4. The average molecular weight is 481 g/mol. The van der Waals surface area contributed by atoms with Gasteiger partial charge in [0.05, 0.1) is 11.3 Å². The van der Waals surface area contributed by atoms with E-state index in [0.717, 1.165) is 49.7 Å². The molecule has 178 valence electrons. The van der Waals surface area contributed by atoms with Crippen molar-refractivity contribution in [3.63, 3.8) is 0 Å². The van der Waals surface area contributed by atoms with Crippen LogP contribution in [0.3, 0.4) is 0 Å². The van der Waals surface area contributed by atoms with E-state index in [4.69, 9.17) is 4.42 Å². The van der Waals surface area contributed by atoms with Crippen molar-refractivity contribution < 1.29 is 17.9 Å². The van der Waals surface area contributed by atoms with Crippen LogP contribution in [0, 0.1) is 5.92 Å². The Balaban J connectivity index is 1.53. The zero-order chi connectivity index (χ0) is 23.7. The third kappa shape index (κ3) is 4.64. The smallest absolute Gasteiger partial charge is 0.343 e. The largest absolute Gasteiger partial charge is 0.507 e. The number of nitrogens with zero attached hydrogens (tertiary/aromatic N) is 2. The van der Waals surface area contributed by atoms with Crippen LogP contribution in [0.15, 0.2) is 57.1 Å². The van der Waals surface area contributed by atoms with E-state index in [1.54, 1.807) is 18.2 Å². The van der Waals surface area contributed by atoms with Crippen LogP contribution in [-0.4, -0.2) is 23.5 Å². The van der Waals surface area contributed by atoms with Crippen molar-refractivity contribution in [1.82, 2.24) is 9.97 Å². The fourth-order valence-electron chi connectivity index (χ4n) is 5.01. The fourth-order valence-corrected chi connectivity index (χ4v) is 6.20. The van der Waals surface area contributed by atoms with E-state index < -0.39 is 15.5 Å². The predicted molar refractivity (Wildman–Crippen MR) is 126 cm³/mol. The summed E-state index contributed by atoms with van der Waals surface area (Å²) in [5.74, 6) is 0.323. The molecule has 7 nitrogen and oxygen atoms in total. The summed E-state index contributed by atoms with van der Waals surface area (Å²) in [6, 6.07) is 8.83. The summed E-state index contributed by atoms with van der Waals surface area (Å²) in [5, 5.41) is 11.1. The minimum Gasteiger partial charge on any atom is -0.507 e. The molecule has 1 saturated carbocycles. The molecule has 2 aliphatic rings. The van der Waals surface area contributed by atoms with E-state index >= 15 is 0 Å². The van der Waals surface area contributed by atoms with Crippen molar-refractivity contribution in [1.29, 1.82) is 0 Å². The van der Waals surface area contributed by atoms with Crippen molar-refractivity contribution in [2.75, 3.05) is 0 Å². The SMILES string of the molecule is O=c1oc2c(c(O)c1C(c1cccc(CS(=O)(=O)c3ncccn3)c1)C1CC1)CCCCCC2. The van der Waals surface area contributed by atoms with Crippen LogP contribution in [0.2, 0.25) is 0 Å². The highest BCUT2D eigenvalue weighted by atomic mass is 32.2. The minimum atomic E-state index is -3.71. The minimum absolute atomic E-state index is 0.0701. The molecule has 2 aliphatic carbocycles. The molecule has 1 N–H and O–H groups in total. The van der Waals surface area contributed by atoms with Gasteiger partial charge in [-0.05, 0) is 55.2 Å². The fraction of sp³-hybridized carbons (Fsp3) is 0.423. The summed E-state index contributed by atoms with van der Waals surface area (Å²) >= 11 is 0. The summed E-state index contributed by atoms with van der Waals surface area (Å²) in [6.45, 7) is 0. The van der Waals surface area contributed by atoms with Gasteiger partial charge in [0.2, 0.25) is 15.0 Å². The highest BCUT2D eigenvalue weighted by Gasteiger charge is 2.38. The molecular weight excluding hydrogens is 452 g/mol. The van der Waals surface area contributed by atoms with E-state index in [1.807, 2.05) is 12.1 Å². The first-order valence-electron chi connectivity index (χ1n) is 11.9. The van der Waals surface area contributed by atoms with E-state index in [2.05, 4.69) is 9.97 Å². The number of benzene rings is 1. The van der Waals surface area contributed by atoms with Gasteiger partial charge >= 0.3 is 5.63 Å². The Morgan fingerprint density at radius 2 is 1.76 bits per heavy atom. The van der Waals surface area contributed by atoms with Gasteiger partial charge in [-0.3, -0.25) is 0 Å². The Kier molecular flexibility index (Phi) is 6.25. The summed E-state index contributed by atoms with van der Waals surface area (Å²) in [4.78, 5) is 20.9. The first-order chi connectivity index (χ1) is 16.4. The van der Waals surface area contributed by atoms with Crippen molar-refractivity contribution in [3.8, 4) is 5.75 Å². The summed E-state index contributed by atoms with van der Waals surface area (Å²) in [5.41, 5.74) is 2.00. The monoisotopic (exact) mass is 480 g/mol. The molecule has 5 rings (SSSR count). The molecule has 1 aromatic carbocycles. The van der Waals surface area contributed by atoms with Gasteiger partial charge in [-0.15, -0.1) is 0 Å². The molecule has 1 atom stereocenters. The molecule has 34 heavy (non-hydrogen) atoms. The Morgan fingerprint density at radius 1 is 1.03 bits per heavy atom. The maximum atomic E-state index is 13.1. The standard InChI is InChI=1S/C26H28N2O5S/c29-24-20-9-3-1-2-4-10-21(20)33-25(30)23(24)22(18-11-12-18)19-8-5-7-17(15-19)16-34(31,32)26-27-13-6-14-28-26/h5-8,13-15,18,22,29H,1-4,9-12,16H2. The van der Waals surface area contributed by atoms with Crippen LogP contribution in [0.5, 0.6) is 5.75 Å². The quantitative estimate of drug-likeness (QED) is 0.523. The molecule has 0 aliphatic heterocycles. The summed E-state index contributed by atoms with van der Waals surface area (Å²) in [6.07, 6.45) is 10.2. The highest BCUT2D eigenvalue weighted by molar-refractivity contribution is 7.90. The molecule has 1 fully saturated rings. The molecule has 2 heterocycles. The number of aryl methyl sites for hydroxylation is 1. The van der Waals surface area contributed by atoms with E-state index in [9.17, 15) is 18.3 Å². The Hall–Kier alpha value is -3.00. The van der Waals surface area contributed by atoms with Crippen LogP contribution in [0.25, 0.3) is 0 Å². The average Bonchev–Trinajstić information content (AvgIpc) is 3.63. The van der Waals surface area contributed by atoms with Gasteiger partial charge in [-0.2, -0.15) is 0 Å². The summed E-state index contributed by atoms with van der Waals surface area (Å²) in [7, 11) is -3.71. The second-order valence-corrected chi connectivity index (χ2v) is 11.2. The molecular formula is C26H28N2O5S. The number of sulfone groups is 1. The number of aromatic hydroxyl groups is 1. The van der Waals surface area contributed by atoms with Gasteiger partial charge in [0.1, 0.15) is 11.5 Å². The van der Waals surface area contributed by atoms with Crippen molar-refractivity contribution in [2.45, 2.75) is 68.2 Å². The van der Waals surface area contributed by atoms with Gasteiger partial charge in [-0.1, -0.05) is 37.1 Å². The van der Waals surface area contributed by atoms with Crippen LogP contribution < -0.4 is 5.63 Å². The maximum Gasteiger partial charge on any atom is 0.343 e. The van der Waals surface area contributed by atoms with Gasteiger partial charge in [0.15, 0.2) is 0 Å². The lowest BCUT2D eigenvalue weighted by Crippen LogP contribution is -2.19. The van der Waals surface area contributed by atoms with Crippen molar-refractivity contribution >= 4 is 9.84 Å². The van der Waals surface area contributed by atoms with Crippen molar-refractivity contribution in [2.24, 2.45) is 5.92 Å². The Morgan fingerprint density at radius 3 is 2.50 bits per heavy atom. The highest BCUT2D eigenvalue weighted by Crippen LogP contribution is 2.48. The van der Waals surface area contributed by atoms with E-state index in [-0.39, 0.29) is 28.5 Å². The van der Waals surface area contributed by atoms with Gasteiger partial charge in [0, 0.05) is 30.3 Å². The van der Waals surface area contributed by atoms with E-state index in [1.165, 1.54) is 12.4 Å². The van der Waals surface area contributed by atoms with Crippen molar-refractivity contribution in [3.05, 3.63) is 81.2 Å². The first kappa shape index (κ1) is 22.8. The normalized spacial score (nSPS) is 17.4. The Bertz CT molecular complexity index is 1350. The lowest BCUT2D eigenvalue weighted by molar-refractivity contribution is 0.382. The lowest BCUT2D eigenvalue weighted by Gasteiger charge is -2.21. The Labute approximate surface area is 198 Å². The molecule has 8 heteroatoms. The molecule has 2 aromatic heterocycles. The number of rotatable bonds is 6. The topological polar surface area (TPSA) is 110 Å². The van der Waals surface area contributed by atoms with Gasteiger partial charge < -0.3 is 9.52 Å². The second kappa shape index (κ2) is 9.33. The number of aromatic nitrogens is 2. The molecule has 0 saturated heterocycles. The third-order valence-corrected chi connectivity index (χ3v) is 8.27. The van der Waals surface area contributed by atoms with Crippen LogP contribution in [-0.2, 0) is 28.4 Å².